The topological polar surface area (TPSA) is 103 Å². The first-order valence-electron chi connectivity index (χ1n) is 8.98. The second-order valence-corrected chi connectivity index (χ2v) is 8.41. The summed E-state index contributed by atoms with van der Waals surface area (Å²) in [6.45, 7) is 1.52. The van der Waals surface area contributed by atoms with Gasteiger partial charge in [0.1, 0.15) is 0 Å². The maximum absolute atomic E-state index is 13.1. The van der Waals surface area contributed by atoms with E-state index in [1.165, 1.54) is 54.5 Å². The molecule has 0 aliphatic rings. The molecule has 9 nitrogen and oxygen atoms in total. The van der Waals surface area contributed by atoms with Crippen LogP contribution in [0.5, 0.6) is 23.0 Å². The van der Waals surface area contributed by atoms with Crippen molar-refractivity contribution in [3.8, 4) is 23.0 Å². The van der Waals surface area contributed by atoms with Gasteiger partial charge in [0, 0.05) is 24.9 Å². The predicted molar refractivity (Wildman–Crippen MR) is 115 cm³/mol. The van der Waals surface area contributed by atoms with Gasteiger partial charge < -0.3 is 24.3 Å². The van der Waals surface area contributed by atoms with E-state index in [9.17, 15) is 13.2 Å². The zero-order valence-corrected chi connectivity index (χ0v) is 18.6. The summed E-state index contributed by atoms with van der Waals surface area (Å²) >= 11 is 0. The molecule has 2 aromatic carbocycles. The number of anilines is 2. The molecule has 0 aromatic heterocycles. The number of ether oxygens (including phenoxy) is 4. The summed E-state index contributed by atoms with van der Waals surface area (Å²) in [5.41, 5.74) is 0.703. The lowest BCUT2D eigenvalue weighted by molar-refractivity contribution is 0.102. The molecule has 0 aliphatic heterocycles. The van der Waals surface area contributed by atoms with E-state index in [1.54, 1.807) is 18.2 Å². The summed E-state index contributed by atoms with van der Waals surface area (Å²) < 4.78 is 46.9. The lowest BCUT2D eigenvalue weighted by Crippen LogP contribution is -2.30. The summed E-state index contributed by atoms with van der Waals surface area (Å²) in [5, 5.41) is 2.75. The third kappa shape index (κ3) is 4.70. The minimum absolute atomic E-state index is 0.0990. The van der Waals surface area contributed by atoms with Crippen LogP contribution in [0.25, 0.3) is 0 Å². The highest BCUT2D eigenvalue weighted by atomic mass is 32.2. The Morgan fingerprint density at radius 3 is 1.97 bits per heavy atom. The van der Waals surface area contributed by atoms with Crippen molar-refractivity contribution in [3.63, 3.8) is 0 Å². The molecule has 0 heterocycles. The highest BCUT2D eigenvalue weighted by Crippen LogP contribution is 2.37. The van der Waals surface area contributed by atoms with E-state index in [2.05, 4.69) is 5.32 Å². The Bertz CT molecular complexity index is 1020. The normalized spacial score (nSPS) is 10.9. The number of amides is 1. The molecule has 1 N–H and O–H groups in total. The molecule has 0 radical (unpaired) electrons. The van der Waals surface area contributed by atoms with Gasteiger partial charge in [-0.3, -0.25) is 9.10 Å². The number of benzene rings is 2. The van der Waals surface area contributed by atoms with Crippen molar-refractivity contribution < 1.29 is 32.2 Å². The van der Waals surface area contributed by atoms with E-state index in [0.29, 0.717) is 28.7 Å². The Labute approximate surface area is 176 Å². The van der Waals surface area contributed by atoms with Crippen LogP contribution in [0.15, 0.2) is 30.3 Å². The second kappa shape index (κ2) is 9.57. The Morgan fingerprint density at radius 1 is 0.900 bits per heavy atom. The van der Waals surface area contributed by atoms with Crippen LogP contribution in [0.3, 0.4) is 0 Å². The van der Waals surface area contributed by atoms with Crippen LogP contribution in [0.2, 0.25) is 0 Å². The monoisotopic (exact) mass is 438 g/mol. The average Bonchev–Trinajstić information content (AvgIpc) is 2.77. The second-order valence-electron chi connectivity index (χ2n) is 6.12. The zero-order valence-electron chi connectivity index (χ0n) is 17.8. The molecule has 1 amide bonds. The number of rotatable bonds is 9. The highest BCUT2D eigenvalue weighted by Gasteiger charge is 2.25. The number of sulfonamides is 1. The molecule has 0 unspecified atom stereocenters. The summed E-state index contributed by atoms with van der Waals surface area (Å²) in [6.07, 6.45) is 0. The van der Waals surface area contributed by atoms with Gasteiger partial charge in [-0.1, -0.05) is 0 Å². The molecule has 0 fully saturated rings. The Morgan fingerprint density at radius 2 is 1.43 bits per heavy atom. The van der Waals surface area contributed by atoms with E-state index < -0.39 is 15.9 Å². The standard InChI is InChI=1S/C20H26N2O7S/c1-7-30(24,25)22(2)15-12-19(29-6)18(28-5)11-14(15)20(23)21-13-8-9-16(26-3)17(10-13)27-4/h8-12H,7H2,1-6H3,(H,21,23). The predicted octanol–water partition coefficient (Wildman–Crippen LogP) is 2.76. The molecule has 0 saturated heterocycles. The number of hydrogen-bond acceptors (Lipinski definition) is 7. The van der Waals surface area contributed by atoms with E-state index >= 15 is 0 Å². The molecule has 0 bridgehead atoms. The number of methoxy groups -OCH3 is 4. The molecule has 30 heavy (non-hydrogen) atoms. The van der Waals surface area contributed by atoms with Crippen LogP contribution in [0, 0.1) is 0 Å². The van der Waals surface area contributed by atoms with Gasteiger partial charge in [0.05, 0.1) is 45.4 Å². The first-order chi connectivity index (χ1) is 14.2. The van der Waals surface area contributed by atoms with Crippen molar-refractivity contribution in [2.24, 2.45) is 0 Å². The van der Waals surface area contributed by atoms with E-state index in [4.69, 9.17) is 18.9 Å². The van der Waals surface area contributed by atoms with Gasteiger partial charge in [-0.05, 0) is 25.1 Å². The fourth-order valence-electron chi connectivity index (χ4n) is 2.77. The number of carbonyl (C=O) groups excluding carboxylic acids is 1. The maximum Gasteiger partial charge on any atom is 0.257 e. The molecule has 0 atom stereocenters. The molecule has 0 saturated carbocycles. The van der Waals surface area contributed by atoms with Gasteiger partial charge in [0.2, 0.25) is 10.0 Å². The van der Waals surface area contributed by atoms with Crippen molar-refractivity contribution in [3.05, 3.63) is 35.9 Å². The Balaban J connectivity index is 2.54. The molecule has 2 rings (SSSR count). The summed E-state index contributed by atoms with van der Waals surface area (Å²) in [6, 6.07) is 7.79. The molecular weight excluding hydrogens is 412 g/mol. The largest absolute Gasteiger partial charge is 0.493 e. The maximum atomic E-state index is 13.1. The molecule has 10 heteroatoms. The summed E-state index contributed by atoms with van der Waals surface area (Å²) in [7, 11) is 3.62. The number of hydrogen-bond donors (Lipinski definition) is 1. The zero-order chi connectivity index (χ0) is 22.5. The number of nitrogens with one attached hydrogen (secondary N) is 1. The quantitative estimate of drug-likeness (QED) is 0.642. The first-order valence-corrected chi connectivity index (χ1v) is 10.6. The van der Waals surface area contributed by atoms with E-state index in [0.717, 1.165) is 4.31 Å². The van der Waals surface area contributed by atoms with Crippen LogP contribution in [0.4, 0.5) is 11.4 Å². The van der Waals surface area contributed by atoms with Crippen molar-refractivity contribution >= 4 is 27.3 Å². The van der Waals surface area contributed by atoms with Crippen LogP contribution >= 0.6 is 0 Å². The third-order valence-electron chi connectivity index (χ3n) is 4.51. The van der Waals surface area contributed by atoms with Crippen molar-refractivity contribution in [1.82, 2.24) is 0 Å². The highest BCUT2D eigenvalue weighted by molar-refractivity contribution is 7.92. The summed E-state index contributed by atoms with van der Waals surface area (Å²) in [5.74, 6) is 0.879. The lowest BCUT2D eigenvalue weighted by atomic mass is 10.1. The molecule has 0 spiro atoms. The van der Waals surface area contributed by atoms with Crippen molar-refractivity contribution in [2.75, 3.05) is 50.9 Å². The minimum Gasteiger partial charge on any atom is -0.493 e. The van der Waals surface area contributed by atoms with Gasteiger partial charge in [-0.2, -0.15) is 0 Å². The Kier molecular flexibility index (Phi) is 7.38. The van der Waals surface area contributed by atoms with Crippen LogP contribution in [0.1, 0.15) is 17.3 Å². The fraction of sp³-hybridized carbons (Fsp3) is 0.350. The average molecular weight is 439 g/mol. The third-order valence-corrected chi connectivity index (χ3v) is 6.27. The smallest absolute Gasteiger partial charge is 0.257 e. The van der Waals surface area contributed by atoms with Gasteiger partial charge in [-0.15, -0.1) is 0 Å². The van der Waals surface area contributed by atoms with E-state index in [-0.39, 0.29) is 17.0 Å². The molecule has 2 aromatic rings. The number of carbonyl (C=O) groups is 1. The minimum atomic E-state index is -3.62. The fourth-order valence-corrected chi connectivity index (χ4v) is 3.60. The van der Waals surface area contributed by atoms with Gasteiger partial charge in [0.15, 0.2) is 23.0 Å². The van der Waals surface area contributed by atoms with Gasteiger partial charge in [0.25, 0.3) is 5.91 Å². The molecular formula is C20H26N2O7S. The van der Waals surface area contributed by atoms with Gasteiger partial charge >= 0.3 is 0 Å². The van der Waals surface area contributed by atoms with Crippen LogP contribution in [-0.4, -0.2) is 55.6 Å². The Hall–Kier alpha value is -3.14. The van der Waals surface area contributed by atoms with Crippen LogP contribution in [-0.2, 0) is 10.0 Å². The SMILES string of the molecule is CCS(=O)(=O)N(C)c1cc(OC)c(OC)cc1C(=O)Nc1ccc(OC)c(OC)c1. The summed E-state index contributed by atoms with van der Waals surface area (Å²) in [4.78, 5) is 13.1. The molecule has 0 aliphatic carbocycles. The van der Waals surface area contributed by atoms with Crippen molar-refractivity contribution in [2.45, 2.75) is 6.92 Å². The van der Waals surface area contributed by atoms with E-state index in [1.807, 2.05) is 0 Å². The van der Waals surface area contributed by atoms with Gasteiger partial charge in [-0.25, -0.2) is 8.42 Å². The lowest BCUT2D eigenvalue weighted by Gasteiger charge is -2.23. The number of nitrogens with zero attached hydrogens (tertiary/aromatic N) is 1. The first kappa shape index (κ1) is 23.1. The molecule has 164 valence electrons. The van der Waals surface area contributed by atoms with Crippen LogP contribution < -0.4 is 28.6 Å². The van der Waals surface area contributed by atoms with Crippen molar-refractivity contribution in [1.29, 1.82) is 0 Å².